The van der Waals surface area contributed by atoms with Crippen LogP contribution in [0.1, 0.15) is 56.6 Å². The number of nitrogens with zero attached hydrogens (tertiary/aromatic N) is 4. The first-order valence-electron chi connectivity index (χ1n) is 16.2. The average molecular weight is 645 g/mol. The lowest BCUT2D eigenvalue weighted by Crippen LogP contribution is -2.56. The van der Waals surface area contributed by atoms with Crippen LogP contribution in [0, 0.1) is 16.7 Å². The summed E-state index contributed by atoms with van der Waals surface area (Å²) in [5.41, 5.74) is 2.09. The van der Waals surface area contributed by atoms with E-state index in [4.69, 9.17) is 0 Å². The molecule has 1 fully saturated rings. The second-order valence-corrected chi connectivity index (χ2v) is 14.1. The molecule has 3 heterocycles. The lowest BCUT2D eigenvalue weighted by Gasteiger charge is -2.36. The third kappa shape index (κ3) is 5.70. The van der Waals surface area contributed by atoms with Gasteiger partial charge in [-0.05, 0) is 54.7 Å². The van der Waals surface area contributed by atoms with Crippen LogP contribution >= 0.6 is 0 Å². The minimum Gasteiger partial charge on any atom is -0.339 e. The van der Waals surface area contributed by atoms with Crippen molar-refractivity contribution in [2.24, 2.45) is 5.41 Å². The summed E-state index contributed by atoms with van der Waals surface area (Å²) in [6.45, 7) is 7.58. The number of amides is 4. The average Bonchev–Trinajstić information content (AvgIpc) is 3.74. The molecule has 1 saturated heterocycles. The van der Waals surface area contributed by atoms with Crippen molar-refractivity contribution in [3.8, 4) is 11.8 Å². The molecule has 0 unspecified atom stereocenters. The van der Waals surface area contributed by atoms with Gasteiger partial charge in [0.25, 0.3) is 5.91 Å². The van der Waals surface area contributed by atoms with E-state index >= 15 is 0 Å². The zero-order chi connectivity index (χ0) is 34.4. The highest BCUT2D eigenvalue weighted by atomic mass is 16.2. The molecule has 2 aliphatic rings. The van der Waals surface area contributed by atoms with Crippen LogP contribution in [0.15, 0.2) is 84.9 Å². The van der Waals surface area contributed by atoms with Gasteiger partial charge >= 0.3 is 0 Å². The highest BCUT2D eigenvalue weighted by Gasteiger charge is 2.57. The Hall–Kier alpha value is -5.43. The fourth-order valence-corrected chi connectivity index (χ4v) is 7.12. The Labute approximate surface area is 280 Å². The van der Waals surface area contributed by atoms with Crippen LogP contribution in [-0.2, 0) is 19.8 Å². The molecular weight excluding hydrogens is 604 g/mol. The van der Waals surface area contributed by atoms with Gasteiger partial charge < -0.3 is 25.0 Å². The fourth-order valence-electron chi connectivity index (χ4n) is 7.12. The topological polar surface area (TPSA) is 128 Å². The van der Waals surface area contributed by atoms with Crippen molar-refractivity contribution in [3.63, 3.8) is 0 Å². The Balaban J connectivity index is 1.26. The summed E-state index contributed by atoms with van der Waals surface area (Å²) in [7, 11) is 1.56. The Morgan fingerprint density at radius 1 is 1.04 bits per heavy atom. The van der Waals surface area contributed by atoms with Crippen molar-refractivity contribution in [3.05, 3.63) is 96.2 Å². The fraction of sp³-hybridized carbons (Fsp3) is 0.342. The number of rotatable bonds is 7. The maximum atomic E-state index is 14.4. The molecule has 4 aromatic rings. The number of hydrogen-bond donors (Lipinski definition) is 2. The van der Waals surface area contributed by atoms with Crippen LogP contribution in [-0.4, -0.2) is 69.7 Å². The number of carbonyl (C=O) groups excluding carboxylic acids is 4. The standard InChI is InChI=1S/C38H40N6O4/c1-24(40-33(45)31-19-25-13-9-12-18-30(25)44(31)26-14-7-6-8-15-26)34(46)42(5)32(21-37(2,3)4)35(47)43-23-38(20-27(43)22-39)28-16-10-11-17-29(28)41-36(38)48/h6-19,24,27,32H,20-21,23H2,1-5H3,(H,40,45)(H,41,48)/t24-,27-,32-,38-/m0/s1. The van der Waals surface area contributed by atoms with E-state index < -0.39 is 41.3 Å². The van der Waals surface area contributed by atoms with Crippen LogP contribution in [0.4, 0.5) is 5.69 Å². The van der Waals surface area contributed by atoms with Crippen LogP contribution < -0.4 is 10.6 Å². The molecule has 3 aromatic carbocycles. The van der Waals surface area contributed by atoms with Crippen molar-refractivity contribution < 1.29 is 19.2 Å². The second-order valence-electron chi connectivity index (χ2n) is 14.1. The third-order valence-electron chi connectivity index (χ3n) is 9.50. The monoisotopic (exact) mass is 644 g/mol. The molecule has 1 aromatic heterocycles. The number of likely N-dealkylation sites (tertiary alicyclic amines) is 1. The molecule has 2 N–H and O–H groups in total. The number of likely N-dealkylation sites (N-methyl/N-ethyl adjacent to an activating group) is 1. The van der Waals surface area contributed by atoms with Crippen LogP contribution in [0.3, 0.4) is 0 Å². The third-order valence-corrected chi connectivity index (χ3v) is 9.50. The largest absolute Gasteiger partial charge is 0.339 e. The molecule has 4 atom stereocenters. The number of nitrogens with one attached hydrogen (secondary N) is 2. The molecule has 0 aliphatic carbocycles. The molecule has 2 aliphatic heterocycles. The van der Waals surface area contributed by atoms with Gasteiger partial charge in [0, 0.05) is 36.8 Å². The molecular formula is C38H40N6O4. The number of para-hydroxylation sites is 3. The van der Waals surface area contributed by atoms with Gasteiger partial charge in [-0.25, -0.2) is 0 Å². The van der Waals surface area contributed by atoms with E-state index in [9.17, 15) is 24.4 Å². The normalized spacial score (nSPS) is 19.8. The van der Waals surface area contributed by atoms with Crippen LogP contribution in [0.2, 0.25) is 0 Å². The molecule has 10 heteroatoms. The SMILES string of the molecule is C[C@H](NC(=O)c1cc2ccccc2n1-c1ccccc1)C(=O)N(C)[C@@H](CC(C)(C)C)C(=O)N1C[C@]2(C[C@H]1C#N)C(=O)Nc1ccccc12. The minimum absolute atomic E-state index is 0.0336. The Bertz CT molecular complexity index is 1950. The summed E-state index contributed by atoms with van der Waals surface area (Å²) in [4.78, 5) is 58.4. The molecule has 0 saturated carbocycles. The quantitative estimate of drug-likeness (QED) is 0.292. The Morgan fingerprint density at radius 3 is 2.42 bits per heavy atom. The maximum Gasteiger partial charge on any atom is 0.268 e. The summed E-state index contributed by atoms with van der Waals surface area (Å²) in [6, 6.07) is 25.9. The second kappa shape index (κ2) is 12.3. The minimum atomic E-state index is -1.04. The van der Waals surface area contributed by atoms with Gasteiger partial charge in [0.15, 0.2) is 0 Å². The van der Waals surface area contributed by atoms with E-state index in [1.165, 1.54) is 9.80 Å². The lowest BCUT2D eigenvalue weighted by atomic mass is 9.80. The maximum absolute atomic E-state index is 14.4. The van der Waals surface area contributed by atoms with Gasteiger partial charge in [-0.3, -0.25) is 19.2 Å². The number of benzene rings is 3. The van der Waals surface area contributed by atoms with Gasteiger partial charge in [0.05, 0.1) is 17.0 Å². The van der Waals surface area contributed by atoms with Gasteiger partial charge in [0.2, 0.25) is 17.7 Å². The van der Waals surface area contributed by atoms with Gasteiger partial charge in [-0.2, -0.15) is 5.26 Å². The zero-order valence-corrected chi connectivity index (χ0v) is 27.9. The summed E-state index contributed by atoms with van der Waals surface area (Å²) < 4.78 is 1.86. The van der Waals surface area contributed by atoms with Gasteiger partial charge in [0.1, 0.15) is 23.8 Å². The molecule has 246 valence electrons. The molecule has 10 nitrogen and oxygen atoms in total. The molecule has 48 heavy (non-hydrogen) atoms. The first kappa shape index (κ1) is 32.5. The van der Waals surface area contributed by atoms with Crippen molar-refractivity contribution in [1.29, 1.82) is 5.26 Å². The summed E-state index contributed by atoms with van der Waals surface area (Å²) in [5, 5.41) is 16.8. The van der Waals surface area contributed by atoms with E-state index in [0.717, 1.165) is 22.2 Å². The van der Waals surface area contributed by atoms with E-state index in [2.05, 4.69) is 16.7 Å². The number of nitriles is 1. The molecule has 0 bridgehead atoms. The molecule has 1 spiro atoms. The summed E-state index contributed by atoms with van der Waals surface area (Å²) >= 11 is 0. The van der Waals surface area contributed by atoms with Gasteiger partial charge in [-0.15, -0.1) is 0 Å². The number of hydrogen-bond acceptors (Lipinski definition) is 5. The van der Waals surface area contributed by atoms with E-state index in [-0.39, 0.29) is 24.3 Å². The lowest BCUT2D eigenvalue weighted by molar-refractivity contribution is -0.146. The molecule has 6 rings (SSSR count). The van der Waals surface area contributed by atoms with Crippen molar-refractivity contribution >= 4 is 40.2 Å². The van der Waals surface area contributed by atoms with Crippen molar-refractivity contribution in [2.75, 3.05) is 18.9 Å². The van der Waals surface area contributed by atoms with Crippen molar-refractivity contribution in [1.82, 2.24) is 19.7 Å². The van der Waals surface area contributed by atoms with E-state index in [1.807, 2.05) is 104 Å². The van der Waals surface area contributed by atoms with Crippen molar-refractivity contribution in [2.45, 2.75) is 64.1 Å². The molecule has 0 radical (unpaired) electrons. The van der Waals surface area contributed by atoms with E-state index in [0.29, 0.717) is 17.8 Å². The summed E-state index contributed by atoms with van der Waals surface area (Å²) in [5.74, 6) is -1.51. The predicted octanol–water partition coefficient (Wildman–Crippen LogP) is 5.03. The molecule has 4 amide bonds. The number of carbonyl (C=O) groups is 4. The summed E-state index contributed by atoms with van der Waals surface area (Å²) in [6.07, 6.45) is 0.473. The number of aromatic nitrogens is 1. The smallest absolute Gasteiger partial charge is 0.268 e. The highest BCUT2D eigenvalue weighted by molar-refractivity contribution is 6.07. The first-order valence-corrected chi connectivity index (χ1v) is 16.2. The number of fused-ring (bicyclic) bond motifs is 3. The Kier molecular flexibility index (Phi) is 8.33. The Morgan fingerprint density at radius 2 is 1.71 bits per heavy atom. The van der Waals surface area contributed by atoms with E-state index in [1.54, 1.807) is 20.0 Å². The highest BCUT2D eigenvalue weighted by Crippen LogP contribution is 2.46. The predicted molar refractivity (Wildman–Crippen MR) is 183 cm³/mol. The van der Waals surface area contributed by atoms with Gasteiger partial charge in [-0.1, -0.05) is 75.4 Å². The van der Waals surface area contributed by atoms with Crippen LogP contribution in [0.5, 0.6) is 0 Å². The zero-order valence-electron chi connectivity index (χ0n) is 27.9. The first-order chi connectivity index (χ1) is 22.8. The number of anilines is 1. The van der Waals surface area contributed by atoms with Crippen LogP contribution in [0.25, 0.3) is 16.6 Å².